The minimum Gasteiger partial charge on any atom is -0.0610 e. The third-order valence-corrected chi connectivity index (χ3v) is 3.66. The average molecular weight is 215 g/mol. The van der Waals surface area contributed by atoms with Crippen molar-refractivity contribution in [3.05, 3.63) is 60.2 Å². The second-order valence-electron chi connectivity index (χ2n) is 4.65. The molecule has 17 heavy (non-hydrogen) atoms. The maximum atomic E-state index is 3.40. The van der Waals surface area contributed by atoms with Crippen molar-refractivity contribution < 1.29 is 0 Å². The number of hydrogen-bond donors (Lipinski definition) is 0. The Hall–Kier alpha value is -2.08. The van der Waals surface area contributed by atoms with Crippen molar-refractivity contribution in [3.63, 3.8) is 0 Å². The molecular formula is C17H11. The largest absolute Gasteiger partial charge is 0.0610 e. The predicted molar refractivity (Wildman–Crippen MR) is 73.7 cm³/mol. The molecule has 0 heterocycles. The second kappa shape index (κ2) is 2.98. The zero-order valence-electron chi connectivity index (χ0n) is 9.62. The van der Waals surface area contributed by atoms with E-state index in [9.17, 15) is 0 Å². The molecular weight excluding hydrogens is 204 g/mol. The molecule has 79 valence electrons. The Balaban J connectivity index is 2.48. The average Bonchev–Trinajstić information content (AvgIpc) is 2.38. The van der Waals surface area contributed by atoms with Gasteiger partial charge in [0.25, 0.3) is 0 Å². The zero-order chi connectivity index (χ0) is 11.4. The van der Waals surface area contributed by atoms with E-state index in [0.717, 1.165) is 0 Å². The van der Waals surface area contributed by atoms with Crippen molar-refractivity contribution in [1.82, 2.24) is 0 Å². The van der Waals surface area contributed by atoms with Crippen LogP contribution in [0.15, 0.2) is 48.5 Å². The molecule has 1 radical (unpaired) electrons. The lowest BCUT2D eigenvalue weighted by molar-refractivity contribution is 1.55. The van der Waals surface area contributed by atoms with Crippen molar-refractivity contribution in [2.75, 3.05) is 0 Å². The first-order valence-electron chi connectivity index (χ1n) is 5.89. The molecule has 0 fully saturated rings. The van der Waals surface area contributed by atoms with E-state index in [2.05, 4.69) is 61.5 Å². The molecule has 0 N–H and O–H groups in total. The van der Waals surface area contributed by atoms with Gasteiger partial charge in [0, 0.05) is 0 Å². The summed E-state index contributed by atoms with van der Waals surface area (Å²) < 4.78 is 0. The van der Waals surface area contributed by atoms with Gasteiger partial charge in [-0.05, 0) is 56.9 Å². The smallest absolute Gasteiger partial charge is 0.00205 e. The van der Waals surface area contributed by atoms with E-state index in [4.69, 9.17) is 0 Å². The first-order valence-corrected chi connectivity index (χ1v) is 5.89. The van der Waals surface area contributed by atoms with Crippen LogP contribution in [0.3, 0.4) is 0 Å². The summed E-state index contributed by atoms with van der Waals surface area (Å²) in [5.74, 6) is 0. The molecule has 0 saturated carbocycles. The summed E-state index contributed by atoms with van der Waals surface area (Å²) in [7, 11) is 0. The molecule has 0 unspecified atom stereocenters. The van der Waals surface area contributed by atoms with Gasteiger partial charge in [0.1, 0.15) is 0 Å². The highest BCUT2D eigenvalue weighted by Crippen LogP contribution is 2.35. The highest BCUT2D eigenvalue weighted by atomic mass is 14.1. The molecule has 0 heteroatoms. The molecule has 0 aliphatic rings. The van der Waals surface area contributed by atoms with Crippen LogP contribution in [-0.4, -0.2) is 0 Å². The van der Waals surface area contributed by atoms with Gasteiger partial charge >= 0.3 is 0 Å². The van der Waals surface area contributed by atoms with E-state index in [1.165, 1.54) is 37.9 Å². The van der Waals surface area contributed by atoms with E-state index in [-0.39, 0.29) is 0 Å². The van der Waals surface area contributed by atoms with Gasteiger partial charge in [-0.3, -0.25) is 0 Å². The second-order valence-corrected chi connectivity index (χ2v) is 4.65. The van der Waals surface area contributed by atoms with Crippen molar-refractivity contribution >= 4 is 32.3 Å². The summed E-state index contributed by atoms with van der Waals surface area (Å²) >= 11 is 0. The molecule has 4 aromatic rings. The Kier molecular flexibility index (Phi) is 1.58. The predicted octanol–water partition coefficient (Wildman–Crippen LogP) is 4.69. The Labute approximate surface area is 99.8 Å². The number of rotatable bonds is 0. The van der Waals surface area contributed by atoms with Gasteiger partial charge in [0.05, 0.1) is 0 Å². The van der Waals surface area contributed by atoms with Gasteiger partial charge in [-0.25, -0.2) is 0 Å². The quantitative estimate of drug-likeness (QED) is 0.373. The molecule has 0 aliphatic carbocycles. The Bertz CT molecular complexity index is 824. The molecule has 0 bridgehead atoms. The van der Waals surface area contributed by atoms with Gasteiger partial charge in [-0.1, -0.05) is 42.5 Å². The monoisotopic (exact) mass is 215 g/mol. The van der Waals surface area contributed by atoms with Gasteiger partial charge < -0.3 is 0 Å². The summed E-state index contributed by atoms with van der Waals surface area (Å²) in [6, 6.07) is 20.8. The fourth-order valence-electron chi connectivity index (χ4n) is 2.78. The summed E-state index contributed by atoms with van der Waals surface area (Å²) in [6.45, 7) is 2.17. The maximum absolute atomic E-state index is 3.40. The molecule has 0 spiro atoms. The maximum Gasteiger partial charge on any atom is -0.00205 e. The molecule has 0 saturated heterocycles. The van der Waals surface area contributed by atoms with Gasteiger partial charge in [-0.15, -0.1) is 0 Å². The topological polar surface area (TPSA) is 0 Å². The van der Waals surface area contributed by atoms with Crippen LogP contribution in [0, 0.1) is 13.0 Å². The standard InChI is InChI=1S/C17H11/c1-11-5-6-14-8-7-12-3-2-4-13-9-10-15(11)17(14)16(12)13/h2-8,10H,1H3. The van der Waals surface area contributed by atoms with E-state index >= 15 is 0 Å². The van der Waals surface area contributed by atoms with Crippen LogP contribution in [0.5, 0.6) is 0 Å². The Morgan fingerprint density at radius 3 is 2.47 bits per heavy atom. The van der Waals surface area contributed by atoms with E-state index < -0.39 is 0 Å². The normalized spacial score (nSPS) is 11.8. The summed E-state index contributed by atoms with van der Waals surface area (Å²) in [4.78, 5) is 0. The minimum absolute atomic E-state index is 1.21. The SMILES string of the molecule is Cc1ccc2ccc3cccc4[c]cc1c2c43. The van der Waals surface area contributed by atoms with E-state index in [1.807, 2.05) is 0 Å². The molecule has 0 nitrogen and oxygen atoms in total. The number of hydrogen-bond acceptors (Lipinski definition) is 0. The lowest BCUT2D eigenvalue weighted by atomic mass is 9.92. The minimum atomic E-state index is 1.21. The summed E-state index contributed by atoms with van der Waals surface area (Å²) in [5, 5.41) is 7.91. The van der Waals surface area contributed by atoms with Gasteiger partial charge in [0.2, 0.25) is 0 Å². The van der Waals surface area contributed by atoms with Crippen LogP contribution in [0.4, 0.5) is 0 Å². The fourth-order valence-corrected chi connectivity index (χ4v) is 2.78. The van der Waals surface area contributed by atoms with E-state index in [1.54, 1.807) is 0 Å². The number of aryl methyl sites for hydroxylation is 1. The van der Waals surface area contributed by atoms with Crippen LogP contribution in [0.1, 0.15) is 5.56 Å². The number of benzene rings is 4. The van der Waals surface area contributed by atoms with Crippen LogP contribution in [0.2, 0.25) is 0 Å². The Morgan fingerprint density at radius 1 is 0.824 bits per heavy atom. The van der Waals surface area contributed by atoms with E-state index in [0.29, 0.717) is 0 Å². The molecule has 0 aliphatic heterocycles. The third kappa shape index (κ3) is 1.07. The van der Waals surface area contributed by atoms with Gasteiger partial charge in [-0.2, -0.15) is 0 Å². The van der Waals surface area contributed by atoms with Crippen LogP contribution >= 0.6 is 0 Å². The van der Waals surface area contributed by atoms with Crippen LogP contribution < -0.4 is 0 Å². The van der Waals surface area contributed by atoms with Gasteiger partial charge in [0.15, 0.2) is 0 Å². The summed E-state index contributed by atoms with van der Waals surface area (Å²) in [6.07, 6.45) is 0. The first-order chi connectivity index (χ1) is 8.34. The first kappa shape index (κ1) is 9.00. The molecule has 4 aromatic carbocycles. The third-order valence-electron chi connectivity index (χ3n) is 3.66. The van der Waals surface area contributed by atoms with Crippen molar-refractivity contribution in [2.24, 2.45) is 0 Å². The summed E-state index contributed by atoms with van der Waals surface area (Å²) in [5.41, 5.74) is 1.33. The van der Waals surface area contributed by atoms with Crippen LogP contribution in [-0.2, 0) is 0 Å². The van der Waals surface area contributed by atoms with Crippen molar-refractivity contribution in [1.29, 1.82) is 0 Å². The molecule has 0 amide bonds. The fraction of sp³-hybridized carbons (Fsp3) is 0.0588. The highest BCUT2D eigenvalue weighted by Gasteiger charge is 2.08. The lowest BCUT2D eigenvalue weighted by Gasteiger charge is -2.11. The molecule has 0 aromatic heterocycles. The van der Waals surface area contributed by atoms with Crippen molar-refractivity contribution in [2.45, 2.75) is 6.92 Å². The zero-order valence-corrected chi connectivity index (χ0v) is 9.62. The van der Waals surface area contributed by atoms with Crippen LogP contribution in [0.25, 0.3) is 32.3 Å². The molecule has 4 rings (SSSR count). The van der Waals surface area contributed by atoms with Crippen molar-refractivity contribution in [3.8, 4) is 0 Å². The Morgan fingerprint density at radius 2 is 1.59 bits per heavy atom. The highest BCUT2D eigenvalue weighted by molar-refractivity contribution is 6.23. The lowest BCUT2D eigenvalue weighted by Crippen LogP contribution is -1.85. The molecule has 0 atom stereocenters.